The quantitative estimate of drug-likeness (QED) is 0.321. The molecule has 0 aliphatic heterocycles. The molecule has 0 unspecified atom stereocenters. The van der Waals surface area contributed by atoms with Crippen LogP contribution in [0.2, 0.25) is 0 Å². The highest BCUT2D eigenvalue weighted by atomic mass is 16.5. The SMILES string of the molecule is CCOCCOc1cccc(NC(=O)CNc2ccc(NC(=O)CCc3ccccc3)cc2)c1. The zero-order chi connectivity index (χ0) is 24.0. The van der Waals surface area contributed by atoms with Crippen molar-refractivity contribution >= 4 is 28.9 Å². The minimum Gasteiger partial charge on any atom is -0.491 e. The highest BCUT2D eigenvalue weighted by molar-refractivity contribution is 5.94. The average molecular weight is 462 g/mol. The Morgan fingerprint density at radius 1 is 0.765 bits per heavy atom. The number of hydrogen-bond donors (Lipinski definition) is 3. The number of carbonyl (C=O) groups is 2. The van der Waals surface area contributed by atoms with Crippen LogP contribution in [-0.4, -0.2) is 38.2 Å². The van der Waals surface area contributed by atoms with Crippen molar-refractivity contribution in [3.63, 3.8) is 0 Å². The highest BCUT2D eigenvalue weighted by Gasteiger charge is 2.06. The van der Waals surface area contributed by atoms with Crippen LogP contribution in [0.1, 0.15) is 18.9 Å². The van der Waals surface area contributed by atoms with Gasteiger partial charge in [-0.25, -0.2) is 0 Å². The van der Waals surface area contributed by atoms with Gasteiger partial charge in [-0.3, -0.25) is 9.59 Å². The smallest absolute Gasteiger partial charge is 0.243 e. The molecule has 34 heavy (non-hydrogen) atoms. The first-order valence-corrected chi connectivity index (χ1v) is 11.4. The van der Waals surface area contributed by atoms with E-state index in [2.05, 4.69) is 16.0 Å². The van der Waals surface area contributed by atoms with Crippen molar-refractivity contribution in [2.45, 2.75) is 19.8 Å². The molecule has 0 aliphatic rings. The second-order valence-electron chi connectivity index (χ2n) is 7.59. The van der Waals surface area contributed by atoms with Crippen molar-refractivity contribution in [1.29, 1.82) is 0 Å². The van der Waals surface area contributed by atoms with E-state index in [9.17, 15) is 9.59 Å². The van der Waals surface area contributed by atoms with E-state index in [1.54, 1.807) is 6.07 Å². The van der Waals surface area contributed by atoms with Crippen LogP contribution in [0, 0.1) is 0 Å². The zero-order valence-electron chi connectivity index (χ0n) is 19.4. The van der Waals surface area contributed by atoms with E-state index in [0.29, 0.717) is 49.8 Å². The second-order valence-corrected chi connectivity index (χ2v) is 7.59. The first-order chi connectivity index (χ1) is 16.6. The molecule has 0 heterocycles. The van der Waals surface area contributed by atoms with Crippen molar-refractivity contribution in [2.75, 3.05) is 42.3 Å². The van der Waals surface area contributed by atoms with Crippen LogP contribution >= 0.6 is 0 Å². The number of nitrogens with one attached hydrogen (secondary N) is 3. The molecule has 3 rings (SSSR count). The monoisotopic (exact) mass is 461 g/mol. The second kappa shape index (κ2) is 13.6. The number of aryl methyl sites for hydroxylation is 1. The molecule has 0 bridgehead atoms. The van der Waals surface area contributed by atoms with Gasteiger partial charge in [-0.2, -0.15) is 0 Å². The molecule has 0 fully saturated rings. The molecule has 0 saturated heterocycles. The molecule has 178 valence electrons. The Hall–Kier alpha value is -3.84. The maximum absolute atomic E-state index is 12.3. The van der Waals surface area contributed by atoms with Gasteiger partial charge in [0.05, 0.1) is 13.2 Å². The predicted octanol–water partition coefficient (Wildman–Crippen LogP) is 4.72. The van der Waals surface area contributed by atoms with Crippen LogP contribution in [0.15, 0.2) is 78.9 Å². The Morgan fingerprint density at radius 2 is 1.50 bits per heavy atom. The van der Waals surface area contributed by atoms with Crippen molar-refractivity contribution in [3.8, 4) is 5.75 Å². The summed E-state index contributed by atoms with van der Waals surface area (Å²) < 4.78 is 10.9. The molecule has 0 spiro atoms. The lowest BCUT2D eigenvalue weighted by molar-refractivity contribution is -0.116. The molecule has 0 aliphatic carbocycles. The summed E-state index contributed by atoms with van der Waals surface area (Å²) in [4.78, 5) is 24.5. The highest BCUT2D eigenvalue weighted by Crippen LogP contribution is 2.18. The lowest BCUT2D eigenvalue weighted by atomic mass is 10.1. The Morgan fingerprint density at radius 3 is 2.26 bits per heavy atom. The van der Waals surface area contributed by atoms with Gasteiger partial charge in [0.2, 0.25) is 11.8 Å². The number of anilines is 3. The summed E-state index contributed by atoms with van der Waals surface area (Å²) >= 11 is 0. The van der Waals surface area contributed by atoms with Gasteiger partial charge in [-0.1, -0.05) is 36.4 Å². The molecule has 3 aromatic carbocycles. The van der Waals surface area contributed by atoms with E-state index >= 15 is 0 Å². The number of benzene rings is 3. The number of carbonyl (C=O) groups excluding carboxylic acids is 2. The fraction of sp³-hybridized carbons (Fsp3) is 0.259. The summed E-state index contributed by atoms with van der Waals surface area (Å²) in [6.45, 7) is 3.67. The molecular weight excluding hydrogens is 430 g/mol. The summed E-state index contributed by atoms with van der Waals surface area (Å²) in [5, 5.41) is 8.83. The lowest BCUT2D eigenvalue weighted by Crippen LogP contribution is -2.21. The topological polar surface area (TPSA) is 88.7 Å². The third-order valence-electron chi connectivity index (χ3n) is 4.92. The fourth-order valence-electron chi connectivity index (χ4n) is 3.21. The Kier molecular flexibility index (Phi) is 9.95. The summed E-state index contributed by atoms with van der Waals surface area (Å²) in [7, 11) is 0. The average Bonchev–Trinajstić information content (AvgIpc) is 2.86. The Bertz CT molecular complexity index is 1040. The van der Waals surface area contributed by atoms with Gasteiger partial charge in [0.1, 0.15) is 12.4 Å². The maximum atomic E-state index is 12.3. The molecule has 7 heteroatoms. The van der Waals surface area contributed by atoms with Gasteiger partial charge in [0, 0.05) is 36.2 Å². The van der Waals surface area contributed by atoms with Gasteiger partial charge >= 0.3 is 0 Å². The minimum absolute atomic E-state index is 0.0342. The summed E-state index contributed by atoms with van der Waals surface area (Å²) in [6.07, 6.45) is 1.12. The molecular formula is C27H31N3O4. The molecule has 2 amide bonds. The van der Waals surface area contributed by atoms with Crippen LogP contribution in [0.4, 0.5) is 17.1 Å². The van der Waals surface area contributed by atoms with Gasteiger partial charge in [-0.05, 0) is 55.3 Å². The first kappa shape index (κ1) is 24.8. The Labute approximate surface area is 200 Å². The van der Waals surface area contributed by atoms with Crippen molar-refractivity contribution in [2.24, 2.45) is 0 Å². The molecule has 0 saturated carbocycles. The number of amides is 2. The van der Waals surface area contributed by atoms with E-state index in [4.69, 9.17) is 9.47 Å². The number of rotatable bonds is 13. The van der Waals surface area contributed by atoms with Crippen molar-refractivity contribution < 1.29 is 19.1 Å². The maximum Gasteiger partial charge on any atom is 0.243 e. The number of hydrogen-bond acceptors (Lipinski definition) is 5. The van der Waals surface area contributed by atoms with E-state index < -0.39 is 0 Å². The predicted molar refractivity (Wildman–Crippen MR) is 135 cm³/mol. The van der Waals surface area contributed by atoms with Crippen LogP contribution in [0.3, 0.4) is 0 Å². The van der Waals surface area contributed by atoms with Crippen LogP contribution < -0.4 is 20.7 Å². The standard InChI is InChI=1S/C27H31N3O4/c1-2-33-17-18-34-25-10-6-9-24(19-25)30-27(32)20-28-22-12-14-23(15-13-22)29-26(31)16-11-21-7-4-3-5-8-21/h3-10,12-15,19,28H,2,11,16-18,20H2,1H3,(H,29,31)(H,30,32). The summed E-state index contributed by atoms with van der Waals surface area (Å²) in [5.74, 6) is 0.463. The van der Waals surface area contributed by atoms with Crippen molar-refractivity contribution in [1.82, 2.24) is 0 Å². The van der Waals surface area contributed by atoms with Crippen LogP contribution in [0.25, 0.3) is 0 Å². The van der Waals surface area contributed by atoms with Gasteiger partial charge in [0.15, 0.2) is 0 Å². The molecule has 3 aromatic rings. The Balaban J connectivity index is 1.39. The largest absolute Gasteiger partial charge is 0.491 e. The van der Waals surface area contributed by atoms with E-state index in [1.165, 1.54) is 0 Å². The molecule has 0 aromatic heterocycles. The van der Waals surface area contributed by atoms with Gasteiger partial charge in [0.25, 0.3) is 0 Å². The zero-order valence-corrected chi connectivity index (χ0v) is 19.4. The normalized spacial score (nSPS) is 10.4. The summed E-state index contributed by atoms with van der Waals surface area (Å²) in [5.41, 5.74) is 3.30. The lowest BCUT2D eigenvalue weighted by Gasteiger charge is -2.11. The van der Waals surface area contributed by atoms with E-state index in [1.807, 2.05) is 79.7 Å². The van der Waals surface area contributed by atoms with E-state index in [0.717, 1.165) is 11.3 Å². The van der Waals surface area contributed by atoms with Crippen molar-refractivity contribution in [3.05, 3.63) is 84.4 Å². The molecule has 7 nitrogen and oxygen atoms in total. The van der Waals surface area contributed by atoms with Crippen LogP contribution in [0.5, 0.6) is 5.75 Å². The fourth-order valence-corrected chi connectivity index (χ4v) is 3.21. The third kappa shape index (κ3) is 8.96. The van der Waals surface area contributed by atoms with Gasteiger partial charge < -0.3 is 25.4 Å². The molecule has 3 N–H and O–H groups in total. The van der Waals surface area contributed by atoms with Gasteiger partial charge in [-0.15, -0.1) is 0 Å². The minimum atomic E-state index is -0.176. The van der Waals surface area contributed by atoms with E-state index in [-0.39, 0.29) is 18.4 Å². The third-order valence-corrected chi connectivity index (χ3v) is 4.92. The summed E-state index contributed by atoms with van der Waals surface area (Å²) in [6, 6.07) is 24.4. The van der Waals surface area contributed by atoms with Crippen LogP contribution in [-0.2, 0) is 20.7 Å². The number of ether oxygens (including phenoxy) is 2. The molecule has 0 radical (unpaired) electrons. The molecule has 0 atom stereocenters. The first-order valence-electron chi connectivity index (χ1n) is 11.4.